The highest BCUT2D eigenvalue weighted by Crippen LogP contribution is 2.21. The Morgan fingerprint density at radius 1 is 0.970 bits per heavy atom. The van der Waals surface area contributed by atoms with Crippen LogP contribution >= 0.6 is 0 Å². The molecule has 170 valence electrons. The van der Waals surface area contributed by atoms with Gasteiger partial charge in [-0.1, -0.05) is 66.7 Å². The number of nitrogens with zero attached hydrogens (tertiary/aromatic N) is 2. The molecule has 2 aromatic carbocycles. The lowest BCUT2D eigenvalue weighted by Crippen LogP contribution is -2.39. The molecule has 2 heterocycles. The highest BCUT2D eigenvalue weighted by atomic mass is 16.6. The molecule has 1 N–H and O–H groups in total. The van der Waals surface area contributed by atoms with E-state index in [0.717, 1.165) is 11.1 Å². The molecule has 1 saturated heterocycles. The molecule has 2 amide bonds. The molecule has 7 heteroatoms. The predicted molar refractivity (Wildman–Crippen MR) is 124 cm³/mol. The Balaban J connectivity index is 1.37. The molecule has 0 spiro atoms. The number of aromatic nitrogens is 1. The molecular weight excluding hydrogens is 418 g/mol. The number of carbonyl (C=O) groups is 2. The molecule has 2 unspecified atom stereocenters. The molecule has 1 aliphatic rings. The molecule has 0 saturated carbocycles. The normalized spacial score (nSPS) is 16.2. The Bertz CT molecular complexity index is 1130. The zero-order valence-electron chi connectivity index (χ0n) is 18.3. The van der Waals surface area contributed by atoms with E-state index >= 15 is 0 Å². The number of rotatable bonds is 7. The van der Waals surface area contributed by atoms with E-state index in [9.17, 15) is 14.4 Å². The first-order valence-electron chi connectivity index (χ1n) is 11.1. The summed E-state index contributed by atoms with van der Waals surface area (Å²) < 4.78 is 6.98. The molecule has 4 rings (SSSR count). The number of benzene rings is 2. The van der Waals surface area contributed by atoms with Gasteiger partial charge in [0.05, 0.1) is 18.5 Å². The average Bonchev–Trinajstić information content (AvgIpc) is 3.35. The van der Waals surface area contributed by atoms with Crippen molar-refractivity contribution in [1.29, 1.82) is 0 Å². The van der Waals surface area contributed by atoms with Crippen LogP contribution in [0.5, 0.6) is 0 Å². The van der Waals surface area contributed by atoms with Crippen molar-refractivity contribution in [2.75, 3.05) is 13.1 Å². The fraction of sp³-hybridized carbons (Fsp3) is 0.269. The van der Waals surface area contributed by atoms with Crippen molar-refractivity contribution in [3.8, 4) is 0 Å². The third kappa shape index (κ3) is 5.88. The summed E-state index contributed by atoms with van der Waals surface area (Å²) in [5, 5.41) is 3.09. The smallest absolute Gasteiger partial charge is 0.410 e. The van der Waals surface area contributed by atoms with Crippen LogP contribution in [-0.2, 0) is 22.7 Å². The SMILES string of the molecule is O=C(NC(Cn1ccccc1=O)c1ccccc1)C1CCN(C(=O)OCc2ccccc2)C1. The Kier molecular flexibility index (Phi) is 7.19. The largest absolute Gasteiger partial charge is 0.445 e. The van der Waals surface area contributed by atoms with Crippen molar-refractivity contribution in [1.82, 2.24) is 14.8 Å². The molecule has 3 aromatic rings. The zero-order chi connectivity index (χ0) is 23.0. The molecule has 2 atom stereocenters. The van der Waals surface area contributed by atoms with Gasteiger partial charge in [-0.3, -0.25) is 9.59 Å². The number of nitrogens with one attached hydrogen (secondary N) is 1. The standard InChI is InChI=1S/C26H27N3O4/c30-24-13-7-8-15-28(24)18-23(21-11-5-2-6-12-21)27-25(31)22-14-16-29(17-22)26(32)33-19-20-9-3-1-4-10-20/h1-13,15,22-23H,14,16-19H2,(H,27,31). The van der Waals surface area contributed by atoms with Crippen LogP contribution in [0.4, 0.5) is 4.79 Å². The molecule has 1 fully saturated rings. The second kappa shape index (κ2) is 10.6. The average molecular weight is 446 g/mol. The molecule has 7 nitrogen and oxygen atoms in total. The van der Waals surface area contributed by atoms with Gasteiger partial charge in [-0.2, -0.15) is 0 Å². The van der Waals surface area contributed by atoms with Crippen molar-refractivity contribution >= 4 is 12.0 Å². The van der Waals surface area contributed by atoms with Crippen LogP contribution in [0.2, 0.25) is 0 Å². The van der Waals surface area contributed by atoms with Crippen molar-refractivity contribution in [3.63, 3.8) is 0 Å². The van der Waals surface area contributed by atoms with Crippen molar-refractivity contribution < 1.29 is 14.3 Å². The maximum atomic E-state index is 13.1. The summed E-state index contributed by atoms with van der Waals surface area (Å²) in [7, 11) is 0. The van der Waals surface area contributed by atoms with Gasteiger partial charge < -0.3 is 19.5 Å². The number of hydrogen-bond acceptors (Lipinski definition) is 4. The quantitative estimate of drug-likeness (QED) is 0.605. The van der Waals surface area contributed by atoms with Gasteiger partial charge in [0.1, 0.15) is 6.61 Å². The van der Waals surface area contributed by atoms with E-state index in [-0.39, 0.29) is 30.0 Å². The van der Waals surface area contributed by atoms with Crippen molar-refractivity contribution in [2.45, 2.75) is 25.6 Å². The Morgan fingerprint density at radius 3 is 2.39 bits per heavy atom. The van der Waals surface area contributed by atoms with E-state index in [4.69, 9.17) is 4.74 Å². The Morgan fingerprint density at radius 2 is 1.67 bits per heavy atom. The Labute approximate surface area is 192 Å². The monoisotopic (exact) mass is 445 g/mol. The van der Waals surface area contributed by atoms with E-state index in [1.165, 1.54) is 6.07 Å². The van der Waals surface area contributed by atoms with E-state index < -0.39 is 6.09 Å². The summed E-state index contributed by atoms with van der Waals surface area (Å²) in [6, 6.07) is 23.7. The summed E-state index contributed by atoms with van der Waals surface area (Å²) in [5.74, 6) is -0.459. The van der Waals surface area contributed by atoms with Gasteiger partial charge in [0.2, 0.25) is 5.91 Å². The van der Waals surface area contributed by atoms with Crippen molar-refractivity contribution in [3.05, 3.63) is 107 Å². The third-order valence-electron chi connectivity index (χ3n) is 5.82. The maximum absolute atomic E-state index is 13.1. The van der Waals surface area contributed by atoms with Crippen LogP contribution in [0, 0.1) is 5.92 Å². The molecule has 0 radical (unpaired) electrons. The van der Waals surface area contributed by atoms with Crippen LogP contribution < -0.4 is 10.9 Å². The second-order valence-electron chi connectivity index (χ2n) is 8.13. The van der Waals surface area contributed by atoms with Gasteiger partial charge in [-0.05, 0) is 23.6 Å². The number of likely N-dealkylation sites (tertiary alicyclic amines) is 1. The fourth-order valence-electron chi connectivity index (χ4n) is 3.97. The van der Waals surface area contributed by atoms with Gasteiger partial charge in [-0.15, -0.1) is 0 Å². The predicted octanol–water partition coefficient (Wildman–Crippen LogP) is 3.36. The summed E-state index contributed by atoms with van der Waals surface area (Å²) in [4.78, 5) is 39.3. The van der Waals surface area contributed by atoms with E-state index in [0.29, 0.717) is 26.1 Å². The molecule has 1 aliphatic heterocycles. The number of amides is 2. The number of ether oxygens (including phenoxy) is 1. The van der Waals surface area contributed by atoms with Gasteiger partial charge in [0.25, 0.3) is 5.56 Å². The maximum Gasteiger partial charge on any atom is 0.410 e. The van der Waals surface area contributed by atoms with Crippen LogP contribution in [0.15, 0.2) is 89.9 Å². The first-order valence-corrected chi connectivity index (χ1v) is 11.1. The topological polar surface area (TPSA) is 80.6 Å². The third-order valence-corrected chi connectivity index (χ3v) is 5.82. The van der Waals surface area contributed by atoms with Crippen LogP contribution in [-0.4, -0.2) is 34.6 Å². The molecule has 0 bridgehead atoms. The summed E-state index contributed by atoms with van der Waals surface area (Å²) in [5.41, 5.74) is 1.71. The van der Waals surface area contributed by atoms with E-state index in [2.05, 4.69) is 5.32 Å². The first kappa shape index (κ1) is 22.3. The molecule has 33 heavy (non-hydrogen) atoms. The van der Waals surface area contributed by atoms with Gasteiger partial charge in [0, 0.05) is 25.4 Å². The van der Waals surface area contributed by atoms with Gasteiger partial charge >= 0.3 is 6.09 Å². The summed E-state index contributed by atoms with van der Waals surface area (Å²) in [6.07, 6.45) is 1.87. The van der Waals surface area contributed by atoms with Crippen LogP contribution in [0.3, 0.4) is 0 Å². The number of carbonyl (C=O) groups excluding carboxylic acids is 2. The Hall–Kier alpha value is -3.87. The summed E-state index contributed by atoms with van der Waals surface area (Å²) in [6.45, 7) is 1.31. The highest BCUT2D eigenvalue weighted by Gasteiger charge is 2.33. The first-order chi connectivity index (χ1) is 16.1. The lowest BCUT2D eigenvalue weighted by Gasteiger charge is -2.22. The molecule has 0 aliphatic carbocycles. The summed E-state index contributed by atoms with van der Waals surface area (Å²) >= 11 is 0. The van der Waals surface area contributed by atoms with Gasteiger partial charge in [-0.25, -0.2) is 4.79 Å². The van der Waals surface area contributed by atoms with Crippen LogP contribution in [0.25, 0.3) is 0 Å². The van der Waals surface area contributed by atoms with E-state index in [1.807, 2.05) is 60.7 Å². The van der Waals surface area contributed by atoms with Crippen molar-refractivity contribution in [2.24, 2.45) is 5.92 Å². The number of pyridine rings is 1. The minimum Gasteiger partial charge on any atom is -0.445 e. The van der Waals surface area contributed by atoms with Crippen LogP contribution in [0.1, 0.15) is 23.6 Å². The van der Waals surface area contributed by atoms with E-state index in [1.54, 1.807) is 27.8 Å². The molecule has 1 aromatic heterocycles. The fourth-order valence-corrected chi connectivity index (χ4v) is 3.97. The van der Waals surface area contributed by atoms with Gasteiger partial charge in [0.15, 0.2) is 0 Å². The minimum atomic E-state index is -0.412. The number of hydrogen-bond donors (Lipinski definition) is 1. The zero-order valence-corrected chi connectivity index (χ0v) is 18.3. The second-order valence-corrected chi connectivity index (χ2v) is 8.13. The lowest BCUT2D eigenvalue weighted by molar-refractivity contribution is -0.125. The highest BCUT2D eigenvalue weighted by molar-refractivity contribution is 5.81. The minimum absolute atomic E-state index is 0.124. The molecular formula is C26H27N3O4. The lowest BCUT2D eigenvalue weighted by atomic mass is 10.0.